The number of benzene rings is 2. The molecule has 4 aliphatic rings. The van der Waals surface area contributed by atoms with Crippen molar-refractivity contribution in [2.45, 2.75) is 83.7 Å². The highest BCUT2D eigenvalue weighted by Crippen LogP contribution is 2.37. The lowest BCUT2D eigenvalue weighted by atomic mass is 9.98. The molecule has 2 amide bonds. The Kier molecular flexibility index (Phi) is 19.2. The Morgan fingerprint density at radius 3 is 1.50 bits per heavy atom. The third kappa shape index (κ3) is 14.4. The van der Waals surface area contributed by atoms with Gasteiger partial charge in [-0.15, -0.1) is 0 Å². The van der Waals surface area contributed by atoms with E-state index in [9.17, 15) is 26.4 Å². The lowest BCUT2D eigenvalue weighted by Crippen LogP contribution is -2.44. The van der Waals surface area contributed by atoms with Gasteiger partial charge in [0.2, 0.25) is 20.0 Å². The van der Waals surface area contributed by atoms with Gasteiger partial charge in [0.15, 0.2) is 11.3 Å². The Balaban J connectivity index is 0.000000193. The fourth-order valence-electron chi connectivity index (χ4n) is 9.12. The van der Waals surface area contributed by atoms with Crippen LogP contribution in [-0.2, 0) is 20.0 Å². The van der Waals surface area contributed by atoms with Crippen molar-refractivity contribution in [1.82, 2.24) is 55.3 Å². The van der Waals surface area contributed by atoms with Crippen LogP contribution in [0.25, 0.3) is 11.3 Å². The summed E-state index contributed by atoms with van der Waals surface area (Å²) in [6.45, 7) is 4.97. The number of carbonyl (C=O) groups is 2. The van der Waals surface area contributed by atoms with Gasteiger partial charge < -0.3 is 9.80 Å². The van der Waals surface area contributed by atoms with Crippen LogP contribution in [0.1, 0.15) is 116 Å². The first-order valence-corrected chi connectivity index (χ1v) is 29.4. The summed E-state index contributed by atoms with van der Waals surface area (Å²) in [4.78, 5) is 39.4. The summed E-state index contributed by atoms with van der Waals surface area (Å²) in [7, 11) is -7.17. The molecular formula is C47H59Cl5N14O6S2. The molecule has 4 aromatic heterocycles. The van der Waals surface area contributed by atoms with Crippen molar-refractivity contribution in [2.24, 2.45) is 0 Å². The Hall–Kier alpha value is -4.75. The van der Waals surface area contributed by atoms with Crippen molar-refractivity contribution in [3.63, 3.8) is 0 Å². The molecule has 0 spiro atoms. The van der Waals surface area contributed by atoms with Crippen LogP contribution < -0.4 is 30.7 Å². The SMILES string of the molecule is C.C1CCNNC1.CS(=O)(=O)Nc1ccc(Cl)cc1C(=O)N1CCCC[C@H]1c1cc2nc(Cl)cc(Cl)n2n1.CS(=O)(=O)Nc1ccc(Cl)cc1C(=O)N1CCCC[C@H]1c1cc2nc(Cl)cc(N3CCCCN3)n2n1. The molecule has 74 heavy (non-hydrogen) atoms. The largest absolute Gasteiger partial charge is 0.330 e. The number of halogens is 5. The Labute approximate surface area is 455 Å². The van der Waals surface area contributed by atoms with Gasteiger partial charge in [-0.2, -0.15) is 14.7 Å². The molecule has 10 rings (SSSR count). The molecule has 0 radical (unpaired) electrons. The number of hydrazine groups is 2. The third-order valence-corrected chi connectivity index (χ3v) is 14.7. The van der Waals surface area contributed by atoms with E-state index in [1.807, 2.05) is 11.1 Å². The molecule has 4 fully saturated rings. The van der Waals surface area contributed by atoms with E-state index in [4.69, 9.17) is 63.1 Å². The zero-order valence-corrected chi connectivity index (χ0v) is 45.3. The molecular weight excluding hydrogens is 1100 g/mol. The molecule has 0 unspecified atom stereocenters. The van der Waals surface area contributed by atoms with Crippen LogP contribution in [0.2, 0.25) is 25.5 Å². The molecule has 0 bridgehead atoms. The van der Waals surface area contributed by atoms with E-state index >= 15 is 0 Å². The van der Waals surface area contributed by atoms with Crippen molar-refractivity contribution in [2.75, 3.05) is 66.2 Å². The number of nitrogens with zero attached hydrogens (tertiary/aromatic N) is 9. The predicted molar refractivity (Wildman–Crippen MR) is 293 cm³/mol. The van der Waals surface area contributed by atoms with Gasteiger partial charge in [0.05, 0.1) is 58.5 Å². The smallest absolute Gasteiger partial charge is 0.256 e. The normalized spacial score (nSPS) is 18.4. The van der Waals surface area contributed by atoms with Gasteiger partial charge in [0.1, 0.15) is 21.3 Å². The van der Waals surface area contributed by atoms with E-state index in [0.717, 1.165) is 89.5 Å². The third-order valence-electron chi connectivity index (χ3n) is 12.4. The number of amides is 2. The highest BCUT2D eigenvalue weighted by Gasteiger charge is 2.34. The quantitative estimate of drug-likeness (QED) is 0.0852. The number of fused-ring (bicyclic) bond motifs is 2. The number of hydrogen-bond acceptors (Lipinski definition) is 14. The molecule has 4 aliphatic heterocycles. The molecule has 2 atom stereocenters. The molecule has 0 saturated carbocycles. The van der Waals surface area contributed by atoms with E-state index in [1.165, 1.54) is 53.8 Å². The summed E-state index contributed by atoms with van der Waals surface area (Å²) < 4.78 is 55.4. The first-order chi connectivity index (χ1) is 34.8. The van der Waals surface area contributed by atoms with Crippen LogP contribution in [0.15, 0.2) is 60.7 Å². The number of hydrogen-bond donors (Lipinski definition) is 5. The molecule has 400 valence electrons. The highest BCUT2D eigenvalue weighted by atomic mass is 35.5. The lowest BCUT2D eigenvalue weighted by molar-refractivity contribution is 0.0600. The summed E-state index contributed by atoms with van der Waals surface area (Å²) in [5, 5.41) is 13.0. The molecule has 0 aliphatic carbocycles. The van der Waals surface area contributed by atoms with Crippen LogP contribution >= 0.6 is 58.0 Å². The molecule has 2 aromatic carbocycles. The molecule has 27 heteroatoms. The van der Waals surface area contributed by atoms with E-state index in [0.29, 0.717) is 62.5 Å². The number of anilines is 3. The average Bonchev–Trinajstić information content (AvgIpc) is 4.00. The van der Waals surface area contributed by atoms with Gasteiger partial charge in [-0.25, -0.2) is 36.7 Å². The maximum atomic E-state index is 13.8. The fraction of sp³-hybridized carbons (Fsp3) is 0.447. The lowest BCUT2D eigenvalue weighted by Gasteiger charge is -2.35. The summed E-state index contributed by atoms with van der Waals surface area (Å²) in [5.74, 6) is 0.140. The number of rotatable bonds is 9. The Morgan fingerprint density at radius 1 is 0.581 bits per heavy atom. The highest BCUT2D eigenvalue weighted by molar-refractivity contribution is 7.92. The van der Waals surface area contributed by atoms with Crippen molar-refractivity contribution in [3.8, 4) is 0 Å². The van der Waals surface area contributed by atoms with Gasteiger partial charge in [-0.3, -0.25) is 34.9 Å². The zero-order valence-electron chi connectivity index (χ0n) is 39.9. The second kappa shape index (κ2) is 24.9. The summed E-state index contributed by atoms with van der Waals surface area (Å²) in [6.07, 6.45) is 11.8. The van der Waals surface area contributed by atoms with Crippen LogP contribution in [0, 0.1) is 0 Å². The van der Waals surface area contributed by atoms with Gasteiger partial charge in [0, 0.05) is 73.6 Å². The first-order valence-electron chi connectivity index (χ1n) is 23.7. The van der Waals surface area contributed by atoms with Gasteiger partial charge in [0.25, 0.3) is 11.8 Å². The van der Waals surface area contributed by atoms with Crippen LogP contribution in [0.3, 0.4) is 0 Å². The maximum Gasteiger partial charge on any atom is 0.256 e. The summed E-state index contributed by atoms with van der Waals surface area (Å²) in [6, 6.07) is 15.3. The van der Waals surface area contributed by atoms with Crippen molar-refractivity contribution in [1.29, 1.82) is 0 Å². The number of aromatic nitrogens is 6. The molecule has 8 heterocycles. The second-order valence-corrected chi connectivity index (χ2v) is 23.5. The van der Waals surface area contributed by atoms with Crippen molar-refractivity contribution < 1.29 is 26.4 Å². The van der Waals surface area contributed by atoms with Crippen LogP contribution in [0.4, 0.5) is 17.2 Å². The summed E-state index contributed by atoms with van der Waals surface area (Å²) >= 11 is 30.9. The van der Waals surface area contributed by atoms with Crippen molar-refractivity contribution >= 4 is 118 Å². The average molecular weight is 1160 g/mol. The zero-order chi connectivity index (χ0) is 52.0. The topological polar surface area (TPSA) is 233 Å². The van der Waals surface area contributed by atoms with Gasteiger partial charge in [-0.1, -0.05) is 65.4 Å². The number of sulfonamides is 2. The minimum atomic E-state index is -3.59. The first kappa shape index (κ1) is 57.0. The number of likely N-dealkylation sites (tertiary alicyclic amines) is 2. The van der Waals surface area contributed by atoms with E-state index in [-0.39, 0.29) is 59.0 Å². The van der Waals surface area contributed by atoms with Gasteiger partial charge in [-0.05, 0) is 101 Å². The van der Waals surface area contributed by atoms with E-state index < -0.39 is 20.0 Å². The van der Waals surface area contributed by atoms with Crippen molar-refractivity contribution in [3.05, 3.63) is 109 Å². The van der Waals surface area contributed by atoms with Crippen LogP contribution in [-0.4, -0.2) is 119 Å². The fourth-order valence-corrected chi connectivity index (χ4v) is 11.3. The summed E-state index contributed by atoms with van der Waals surface area (Å²) in [5.41, 5.74) is 12.6. The van der Waals surface area contributed by atoms with E-state index in [2.05, 4.69) is 40.8 Å². The maximum absolute atomic E-state index is 13.8. The standard InChI is InChI=1S/C23H27Cl2N7O3S.C19H18Cl3N5O3S.C4H10N2.CH4/c1-36(34,35)29-17-8-7-15(24)12-16(17)23(33)30-10-4-2-6-19(30)18-13-21-27-20(25)14-22(32(21)28-18)31-11-5-3-9-26-31;1-31(29,30)25-13-6-5-11(20)8-12(13)19(28)26-7-3-2-4-15(26)14-9-18-23-16(21)10-17(22)27(18)24-14;1-2-4-6-5-3-1;/h7-8,12-14,19,26,29H,2-6,9-11H2,1H3;5-6,8-10,15,25H,2-4,7H2,1H3;5-6H,1-4H2;1H4/t19-;15-;;/m00../s1. The number of piperidine rings is 2. The molecule has 20 nitrogen and oxygen atoms in total. The number of nitrogens with one attached hydrogen (secondary N) is 5. The monoisotopic (exact) mass is 1150 g/mol. The predicted octanol–water partition coefficient (Wildman–Crippen LogP) is 8.82. The van der Waals surface area contributed by atoms with Crippen LogP contribution in [0.5, 0.6) is 0 Å². The van der Waals surface area contributed by atoms with E-state index in [1.54, 1.807) is 32.5 Å². The Bertz CT molecular complexity index is 3200. The minimum absolute atomic E-state index is 0. The molecule has 5 N–H and O–H groups in total. The second-order valence-electron chi connectivity index (χ2n) is 18.0. The minimum Gasteiger partial charge on any atom is -0.330 e. The number of carbonyl (C=O) groups excluding carboxylic acids is 2. The molecule has 4 saturated heterocycles. The Morgan fingerprint density at radius 2 is 1.04 bits per heavy atom. The van der Waals surface area contributed by atoms with Gasteiger partial charge >= 0.3 is 0 Å². The molecule has 6 aromatic rings.